The minimum atomic E-state index is -1.06. The Bertz CT molecular complexity index is 1520. The number of nitrogens with one attached hydrogen (secondary N) is 2. The number of benzene rings is 2. The standard InChI is InChI=1S/C31H30N6O5/c32-18-20-3-5-22(6-4-20)31(42)37-14-12-36(13-15-37)27-10-9-23(16-26(27)35-29(40)21-7-8-21)30(41)34-25(17-28(38)39)24-2-1-11-33-19-24/h1-6,9-11,16,19,21,25H,7-8,12-15,17H2,(H,34,41)(H,35,40)(H,38,39). The van der Waals surface area contributed by atoms with Gasteiger partial charge in [0.1, 0.15) is 0 Å². The molecule has 11 heteroatoms. The third-order valence-electron chi connectivity index (χ3n) is 7.40. The molecule has 0 radical (unpaired) electrons. The largest absolute Gasteiger partial charge is 0.481 e. The maximum absolute atomic E-state index is 13.3. The fourth-order valence-corrected chi connectivity index (χ4v) is 4.90. The predicted molar refractivity (Wildman–Crippen MR) is 154 cm³/mol. The lowest BCUT2D eigenvalue weighted by Crippen LogP contribution is -2.49. The first kappa shape index (κ1) is 28.3. The number of rotatable bonds is 9. The Kier molecular flexibility index (Phi) is 8.43. The lowest BCUT2D eigenvalue weighted by molar-refractivity contribution is -0.137. The molecule has 1 atom stereocenters. The number of carbonyl (C=O) groups is 4. The molecule has 1 aromatic heterocycles. The first-order valence-electron chi connectivity index (χ1n) is 13.7. The molecule has 2 fully saturated rings. The van der Waals surface area contributed by atoms with Gasteiger partial charge in [0.15, 0.2) is 0 Å². The van der Waals surface area contributed by atoms with E-state index in [0.717, 1.165) is 18.5 Å². The molecule has 2 aliphatic rings. The van der Waals surface area contributed by atoms with Gasteiger partial charge in [-0.05, 0) is 66.9 Å². The molecule has 3 N–H and O–H groups in total. The number of nitrogens with zero attached hydrogens (tertiary/aromatic N) is 4. The molecule has 214 valence electrons. The summed E-state index contributed by atoms with van der Waals surface area (Å²) in [5.74, 6) is -1.81. The SMILES string of the molecule is N#Cc1ccc(C(=O)N2CCN(c3ccc(C(=O)NC(CC(=O)O)c4cccnc4)cc3NC(=O)C3CC3)CC2)cc1. The maximum atomic E-state index is 13.3. The van der Waals surface area contributed by atoms with E-state index in [9.17, 15) is 24.3 Å². The number of hydrogen-bond donors (Lipinski definition) is 3. The van der Waals surface area contributed by atoms with Crippen LogP contribution in [0.25, 0.3) is 0 Å². The minimum absolute atomic E-state index is 0.0530. The van der Waals surface area contributed by atoms with E-state index in [1.807, 2.05) is 6.07 Å². The zero-order chi connectivity index (χ0) is 29.6. The third-order valence-corrected chi connectivity index (χ3v) is 7.40. The first-order valence-corrected chi connectivity index (χ1v) is 13.7. The number of anilines is 2. The Balaban J connectivity index is 1.32. The van der Waals surface area contributed by atoms with Gasteiger partial charge in [-0.1, -0.05) is 6.07 Å². The zero-order valence-corrected chi connectivity index (χ0v) is 22.8. The van der Waals surface area contributed by atoms with Crippen LogP contribution in [-0.2, 0) is 9.59 Å². The number of nitriles is 1. The van der Waals surface area contributed by atoms with Crippen LogP contribution in [0.3, 0.4) is 0 Å². The smallest absolute Gasteiger partial charge is 0.305 e. The van der Waals surface area contributed by atoms with E-state index in [-0.39, 0.29) is 29.7 Å². The highest BCUT2D eigenvalue weighted by molar-refractivity contribution is 6.01. The second-order valence-corrected chi connectivity index (χ2v) is 10.4. The van der Waals surface area contributed by atoms with Crippen LogP contribution in [0.5, 0.6) is 0 Å². The topological polar surface area (TPSA) is 156 Å². The molecule has 5 rings (SSSR count). The van der Waals surface area contributed by atoms with Gasteiger partial charge >= 0.3 is 5.97 Å². The van der Waals surface area contributed by atoms with Crippen molar-refractivity contribution in [2.45, 2.75) is 25.3 Å². The van der Waals surface area contributed by atoms with Gasteiger partial charge in [0.05, 0.1) is 35.5 Å². The van der Waals surface area contributed by atoms with Crippen molar-refractivity contribution in [3.8, 4) is 6.07 Å². The quantitative estimate of drug-likeness (QED) is 0.357. The molecule has 3 aromatic rings. The normalized spacial score (nSPS) is 15.3. The lowest BCUT2D eigenvalue weighted by atomic mass is 10.0. The summed E-state index contributed by atoms with van der Waals surface area (Å²) >= 11 is 0. The monoisotopic (exact) mass is 566 g/mol. The highest BCUT2D eigenvalue weighted by Crippen LogP contribution is 2.34. The summed E-state index contributed by atoms with van der Waals surface area (Å²) in [4.78, 5) is 58.3. The van der Waals surface area contributed by atoms with Crippen LogP contribution in [-0.4, -0.2) is 64.9 Å². The van der Waals surface area contributed by atoms with E-state index < -0.39 is 17.9 Å². The van der Waals surface area contributed by atoms with Gasteiger partial charge in [-0.25, -0.2) is 0 Å². The fraction of sp³-hybridized carbons (Fsp3) is 0.290. The number of aliphatic carboxylic acids is 1. The van der Waals surface area contributed by atoms with Crippen molar-refractivity contribution < 1.29 is 24.3 Å². The summed E-state index contributed by atoms with van der Waals surface area (Å²) in [5.41, 5.74) is 3.08. The molecule has 2 heterocycles. The number of carboxylic acid groups (broad SMARTS) is 1. The summed E-state index contributed by atoms with van der Waals surface area (Å²) in [6, 6.07) is 16.2. The Morgan fingerprint density at radius 2 is 1.71 bits per heavy atom. The molecule has 42 heavy (non-hydrogen) atoms. The van der Waals surface area contributed by atoms with Crippen LogP contribution in [0.4, 0.5) is 11.4 Å². The average molecular weight is 567 g/mol. The van der Waals surface area contributed by atoms with Gasteiger partial charge < -0.3 is 25.5 Å². The van der Waals surface area contributed by atoms with Crippen molar-refractivity contribution in [2.75, 3.05) is 36.4 Å². The Labute approximate surface area is 242 Å². The van der Waals surface area contributed by atoms with E-state index in [2.05, 4.69) is 20.5 Å². The second kappa shape index (κ2) is 12.5. The van der Waals surface area contributed by atoms with Crippen molar-refractivity contribution in [2.24, 2.45) is 5.92 Å². The summed E-state index contributed by atoms with van der Waals surface area (Å²) in [6.07, 6.45) is 4.41. The van der Waals surface area contributed by atoms with E-state index in [1.165, 1.54) is 6.20 Å². The summed E-state index contributed by atoms with van der Waals surface area (Å²) in [7, 11) is 0. The van der Waals surface area contributed by atoms with Gasteiger partial charge in [0, 0.05) is 55.6 Å². The Hall–Kier alpha value is -5.24. The molecule has 3 amide bonds. The molecule has 1 aliphatic heterocycles. The number of carbonyl (C=O) groups excluding carboxylic acids is 3. The van der Waals surface area contributed by atoms with Crippen molar-refractivity contribution in [1.29, 1.82) is 5.26 Å². The van der Waals surface area contributed by atoms with Crippen molar-refractivity contribution in [3.05, 3.63) is 89.2 Å². The van der Waals surface area contributed by atoms with Gasteiger partial charge in [0.2, 0.25) is 5.91 Å². The van der Waals surface area contributed by atoms with Crippen molar-refractivity contribution >= 4 is 35.1 Å². The van der Waals surface area contributed by atoms with Crippen LogP contribution in [0.1, 0.15) is 57.1 Å². The van der Waals surface area contributed by atoms with Crippen LogP contribution >= 0.6 is 0 Å². The number of amides is 3. The van der Waals surface area contributed by atoms with Crippen molar-refractivity contribution in [3.63, 3.8) is 0 Å². The average Bonchev–Trinajstić information content (AvgIpc) is 3.87. The molecule has 1 saturated carbocycles. The summed E-state index contributed by atoms with van der Waals surface area (Å²) < 4.78 is 0. The van der Waals surface area contributed by atoms with Crippen LogP contribution in [0, 0.1) is 17.2 Å². The number of carboxylic acids is 1. The molecule has 1 saturated heterocycles. The fourth-order valence-electron chi connectivity index (χ4n) is 4.90. The highest BCUT2D eigenvalue weighted by Gasteiger charge is 2.31. The molecule has 2 aromatic carbocycles. The Morgan fingerprint density at radius 3 is 2.33 bits per heavy atom. The summed E-state index contributed by atoms with van der Waals surface area (Å²) in [6.45, 7) is 1.95. The lowest BCUT2D eigenvalue weighted by Gasteiger charge is -2.37. The van der Waals surface area contributed by atoms with E-state index >= 15 is 0 Å². The zero-order valence-electron chi connectivity index (χ0n) is 22.8. The molecule has 0 spiro atoms. The Morgan fingerprint density at radius 1 is 1.00 bits per heavy atom. The van der Waals surface area contributed by atoms with Gasteiger partial charge in [-0.2, -0.15) is 5.26 Å². The summed E-state index contributed by atoms with van der Waals surface area (Å²) in [5, 5.41) is 24.2. The van der Waals surface area contributed by atoms with Gasteiger partial charge in [-0.3, -0.25) is 24.2 Å². The van der Waals surface area contributed by atoms with Crippen LogP contribution < -0.4 is 15.5 Å². The van der Waals surface area contributed by atoms with Crippen LogP contribution in [0.15, 0.2) is 67.0 Å². The number of piperazine rings is 1. The van der Waals surface area contributed by atoms with E-state index in [1.54, 1.807) is 65.7 Å². The predicted octanol–water partition coefficient (Wildman–Crippen LogP) is 3.21. The van der Waals surface area contributed by atoms with E-state index in [4.69, 9.17) is 5.26 Å². The first-order chi connectivity index (χ1) is 20.3. The molecule has 1 unspecified atom stereocenters. The maximum Gasteiger partial charge on any atom is 0.305 e. The minimum Gasteiger partial charge on any atom is -0.481 e. The number of hydrogen-bond acceptors (Lipinski definition) is 7. The molecule has 1 aliphatic carbocycles. The van der Waals surface area contributed by atoms with Gasteiger partial charge in [-0.15, -0.1) is 0 Å². The second-order valence-electron chi connectivity index (χ2n) is 10.4. The van der Waals surface area contributed by atoms with Crippen molar-refractivity contribution in [1.82, 2.24) is 15.2 Å². The number of aromatic nitrogens is 1. The van der Waals surface area contributed by atoms with E-state index in [0.29, 0.717) is 48.6 Å². The highest BCUT2D eigenvalue weighted by atomic mass is 16.4. The molecule has 11 nitrogen and oxygen atoms in total. The van der Waals surface area contributed by atoms with Crippen LogP contribution in [0.2, 0.25) is 0 Å². The third kappa shape index (κ3) is 6.72. The van der Waals surface area contributed by atoms with Gasteiger partial charge in [0.25, 0.3) is 11.8 Å². The molecule has 0 bridgehead atoms. The molecular formula is C31H30N6O5. The number of pyridine rings is 1. The molecular weight excluding hydrogens is 536 g/mol.